The number of nitrogens with zero attached hydrogens (tertiary/aromatic N) is 4. The van der Waals surface area contributed by atoms with E-state index < -0.39 is 0 Å². The van der Waals surface area contributed by atoms with E-state index in [2.05, 4.69) is 9.88 Å². The van der Waals surface area contributed by atoms with Gasteiger partial charge in [0.2, 0.25) is 0 Å². The third kappa shape index (κ3) is 3.60. The van der Waals surface area contributed by atoms with Crippen LogP contribution in [0.15, 0.2) is 94.4 Å². The van der Waals surface area contributed by atoms with Crippen LogP contribution < -0.4 is 4.90 Å². The van der Waals surface area contributed by atoms with E-state index in [0.717, 1.165) is 33.8 Å². The van der Waals surface area contributed by atoms with E-state index in [1.165, 1.54) is 0 Å². The highest BCUT2D eigenvalue weighted by Gasteiger charge is 2.18. The highest BCUT2D eigenvalue weighted by molar-refractivity contribution is 5.91. The predicted molar refractivity (Wildman–Crippen MR) is 110 cm³/mol. The second-order valence-corrected chi connectivity index (χ2v) is 6.64. The number of anilines is 1. The van der Waals surface area contributed by atoms with Crippen molar-refractivity contribution in [3.8, 4) is 11.4 Å². The molecule has 0 aliphatic carbocycles. The average Bonchev–Trinajstić information content (AvgIpc) is 3.47. The fraction of sp³-hybridized carbons (Fsp3) is 0.0870. The highest BCUT2D eigenvalue weighted by atomic mass is 16.3. The maximum atomic E-state index is 5.61. The van der Waals surface area contributed by atoms with Gasteiger partial charge in [0.25, 0.3) is 0 Å². The van der Waals surface area contributed by atoms with Crippen molar-refractivity contribution < 1.29 is 8.83 Å². The lowest BCUT2D eigenvalue weighted by Crippen LogP contribution is -2.23. The standard InChI is InChI=1S/C23H18N4O2/c1-2-8-21-20(7-1)23(26-22(25-21)17-9-11-24-12-10-17)27(15-18-5-3-13-28-18)16-19-6-4-14-29-19/h1-14H,15-16H2. The highest BCUT2D eigenvalue weighted by Crippen LogP contribution is 2.29. The molecule has 0 unspecified atom stereocenters. The molecule has 4 heterocycles. The lowest BCUT2D eigenvalue weighted by Gasteiger charge is -2.23. The topological polar surface area (TPSA) is 68.2 Å². The lowest BCUT2D eigenvalue weighted by atomic mass is 10.2. The fourth-order valence-corrected chi connectivity index (χ4v) is 3.32. The monoisotopic (exact) mass is 382 g/mol. The van der Waals surface area contributed by atoms with Crippen LogP contribution in [0.4, 0.5) is 5.82 Å². The molecule has 4 aromatic heterocycles. The van der Waals surface area contributed by atoms with Gasteiger partial charge in [0, 0.05) is 23.3 Å². The number of benzene rings is 1. The zero-order valence-electron chi connectivity index (χ0n) is 15.6. The molecule has 29 heavy (non-hydrogen) atoms. The third-order valence-corrected chi connectivity index (χ3v) is 4.67. The summed E-state index contributed by atoms with van der Waals surface area (Å²) in [6, 6.07) is 19.6. The first kappa shape index (κ1) is 17.2. The van der Waals surface area contributed by atoms with E-state index >= 15 is 0 Å². The van der Waals surface area contributed by atoms with Crippen LogP contribution in [-0.2, 0) is 13.1 Å². The summed E-state index contributed by atoms with van der Waals surface area (Å²) < 4.78 is 11.2. The maximum absolute atomic E-state index is 5.61. The quantitative estimate of drug-likeness (QED) is 0.408. The predicted octanol–water partition coefficient (Wildman–Crippen LogP) is 5.08. The van der Waals surface area contributed by atoms with Gasteiger partial charge in [-0.2, -0.15) is 0 Å². The van der Waals surface area contributed by atoms with Crippen molar-refractivity contribution >= 4 is 16.7 Å². The van der Waals surface area contributed by atoms with E-state index in [-0.39, 0.29) is 0 Å². The summed E-state index contributed by atoms with van der Waals surface area (Å²) in [5, 5.41) is 0.975. The van der Waals surface area contributed by atoms with E-state index in [1.807, 2.05) is 60.7 Å². The molecular formula is C23H18N4O2. The van der Waals surface area contributed by atoms with Gasteiger partial charge in [-0.1, -0.05) is 12.1 Å². The Kier molecular flexibility index (Phi) is 4.50. The number of rotatable bonds is 6. The van der Waals surface area contributed by atoms with Gasteiger partial charge in [0.1, 0.15) is 17.3 Å². The van der Waals surface area contributed by atoms with Crippen molar-refractivity contribution in [1.29, 1.82) is 0 Å². The van der Waals surface area contributed by atoms with Crippen LogP contribution >= 0.6 is 0 Å². The summed E-state index contributed by atoms with van der Waals surface area (Å²) in [4.78, 5) is 16.0. The Morgan fingerprint density at radius 3 is 2.07 bits per heavy atom. The van der Waals surface area contributed by atoms with E-state index in [0.29, 0.717) is 18.9 Å². The molecule has 0 aliphatic heterocycles. The van der Waals surface area contributed by atoms with Gasteiger partial charge >= 0.3 is 0 Å². The van der Waals surface area contributed by atoms with Crippen molar-refractivity contribution in [1.82, 2.24) is 15.0 Å². The molecule has 0 saturated heterocycles. The van der Waals surface area contributed by atoms with Gasteiger partial charge in [0.05, 0.1) is 31.1 Å². The Bertz CT molecular complexity index is 1170. The Morgan fingerprint density at radius 2 is 1.41 bits per heavy atom. The third-order valence-electron chi connectivity index (χ3n) is 4.67. The van der Waals surface area contributed by atoms with Crippen LogP contribution in [0.25, 0.3) is 22.3 Å². The van der Waals surface area contributed by atoms with Gasteiger partial charge in [-0.25, -0.2) is 9.97 Å². The minimum Gasteiger partial charge on any atom is -0.467 e. The molecule has 0 saturated carbocycles. The molecule has 1 aromatic carbocycles. The SMILES string of the molecule is c1coc(CN(Cc2ccco2)c2nc(-c3ccncc3)nc3ccccc23)c1. The second-order valence-electron chi connectivity index (χ2n) is 6.64. The van der Waals surface area contributed by atoms with Crippen molar-refractivity contribution in [2.45, 2.75) is 13.1 Å². The summed E-state index contributed by atoms with van der Waals surface area (Å²) in [6.07, 6.45) is 6.86. The first-order chi connectivity index (χ1) is 14.4. The molecular weight excluding hydrogens is 364 g/mol. The van der Waals surface area contributed by atoms with E-state index in [9.17, 15) is 0 Å². The second kappa shape index (κ2) is 7.59. The number of pyridine rings is 1. The number of aromatic nitrogens is 3. The van der Waals surface area contributed by atoms with Crippen LogP contribution in [0, 0.1) is 0 Å². The number of furan rings is 2. The van der Waals surface area contributed by atoms with Gasteiger partial charge < -0.3 is 13.7 Å². The Morgan fingerprint density at radius 1 is 0.724 bits per heavy atom. The zero-order chi connectivity index (χ0) is 19.5. The number of hydrogen-bond acceptors (Lipinski definition) is 6. The number of fused-ring (bicyclic) bond motifs is 1. The van der Waals surface area contributed by atoms with Crippen LogP contribution in [0.1, 0.15) is 11.5 Å². The first-order valence-corrected chi connectivity index (χ1v) is 9.34. The van der Waals surface area contributed by atoms with Gasteiger partial charge in [0.15, 0.2) is 5.82 Å². The fourth-order valence-electron chi connectivity index (χ4n) is 3.32. The van der Waals surface area contributed by atoms with Gasteiger partial charge in [-0.15, -0.1) is 0 Å². The molecule has 5 rings (SSSR count). The molecule has 6 nitrogen and oxygen atoms in total. The van der Waals surface area contributed by atoms with Crippen LogP contribution in [0.5, 0.6) is 0 Å². The largest absolute Gasteiger partial charge is 0.467 e. The first-order valence-electron chi connectivity index (χ1n) is 9.34. The molecule has 0 atom stereocenters. The number of para-hydroxylation sites is 1. The Balaban J connectivity index is 1.66. The summed E-state index contributed by atoms with van der Waals surface area (Å²) in [5.74, 6) is 3.19. The molecule has 6 heteroatoms. The molecule has 0 fully saturated rings. The minimum atomic E-state index is 0.560. The Hall–Kier alpha value is -3.93. The molecule has 0 bridgehead atoms. The van der Waals surface area contributed by atoms with Crippen molar-refractivity contribution in [2.75, 3.05) is 4.90 Å². The van der Waals surface area contributed by atoms with Crippen molar-refractivity contribution in [3.63, 3.8) is 0 Å². The minimum absolute atomic E-state index is 0.560. The summed E-state index contributed by atoms with van der Waals surface area (Å²) in [7, 11) is 0. The zero-order valence-corrected chi connectivity index (χ0v) is 15.6. The molecule has 0 amide bonds. The molecule has 5 aromatic rings. The van der Waals surface area contributed by atoms with Gasteiger partial charge in [-0.05, 0) is 48.5 Å². The smallest absolute Gasteiger partial charge is 0.162 e. The average molecular weight is 382 g/mol. The normalized spacial score (nSPS) is 11.0. The lowest BCUT2D eigenvalue weighted by molar-refractivity contribution is 0.476. The summed E-state index contributed by atoms with van der Waals surface area (Å²) in [5.41, 5.74) is 1.80. The molecule has 0 radical (unpaired) electrons. The molecule has 0 N–H and O–H groups in total. The van der Waals surface area contributed by atoms with Crippen molar-refractivity contribution in [2.24, 2.45) is 0 Å². The molecule has 142 valence electrons. The van der Waals surface area contributed by atoms with Crippen LogP contribution in [0.3, 0.4) is 0 Å². The summed E-state index contributed by atoms with van der Waals surface area (Å²) >= 11 is 0. The summed E-state index contributed by atoms with van der Waals surface area (Å²) in [6.45, 7) is 1.12. The molecule has 0 spiro atoms. The van der Waals surface area contributed by atoms with Crippen LogP contribution in [0.2, 0.25) is 0 Å². The van der Waals surface area contributed by atoms with E-state index in [4.69, 9.17) is 18.8 Å². The van der Waals surface area contributed by atoms with Crippen LogP contribution in [-0.4, -0.2) is 15.0 Å². The molecule has 0 aliphatic rings. The van der Waals surface area contributed by atoms with Crippen molar-refractivity contribution in [3.05, 3.63) is 97.1 Å². The van der Waals surface area contributed by atoms with Gasteiger partial charge in [-0.3, -0.25) is 4.98 Å². The maximum Gasteiger partial charge on any atom is 0.162 e. The van der Waals surface area contributed by atoms with E-state index in [1.54, 1.807) is 24.9 Å². The Labute approximate surface area is 167 Å². The number of hydrogen-bond donors (Lipinski definition) is 0.